The summed E-state index contributed by atoms with van der Waals surface area (Å²) in [4.78, 5) is 11.6. The van der Waals surface area contributed by atoms with Gasteiger partial charge in [-0.2, -0.15) is 0 Å². The first-order valence-electron chi connectivity index (χ1n) is 5.69. The lowest BCUT2D eigenvalue weighted by Gasteiger charge is -2.08. The third-order valence-corrected chi connectivity index (χ3v) is 2.49. The van der Waals surface area contributed by atoms with Crippen LogP contribution in [-0.2, 0) is 4.79 Å². The zero-order valence-corrected chi connectivity index (χ0v) is 10.1. The predicted octanol–water partition coefficient (Wildman–Crippen LogP) is 3.08. The summed E-state index contributed by atoms with van der Waals surface area (Å²) in [5.41, 5.74) is 2.69. The van der Waals surface area contributed by atoms with Gasteiger partial charge in [-0.05, 0) is 30.7 Å². The van der Waals surface area contributed by atoms with Gasteiger partial charge in [0.25, 0.3) is 5.91 Å². The number of para-hydroxylation sites is 2. The van der Waals surface area contributed by atoms with Crippen molar-refractivity contribution in [2.75, 3.05) is 10.6 Å². The monoisotopic (exact) mass is 238 g/mol. The van der Waals surface area contributed by atoms with E-state index in [0.717, 1.165) is 16.9 Å². The first kappa shape index (κ1) is 12.2. The molecule has 0 saturated carbocycles. The number of hydrogen-bond acceptors (Lipinski definition) is 2. The van der Waals surface area contributed by atoms with E-state index < -0.39 is 0 Å². The van der Waals surface area contributed by atoms with E-state index in [0.29, 0.717) is 0 Å². The average Bonchev–Trinajstić information content (AvgIpc) is 2.39. The van der Waals surface area contributed by atoms with E-state index in [1.165, 1.54) is 0 Å². The standard InChI is InChI=1S/C15H14N2O/c1-12-7-5-6-10-14(12)16-11-15(18)17-13-8-3-2-4-9-13/h2-10,16H,1H3,(H,17,18). The van der Waals surface area contributed by atoms with E-state index in [1.807, 2.05) is 61.5 Å². The molecule has 90 valence electrons. The van der Waals surface area contributed by atoms with Crippen LogP contribution in [0.5, 0.6) is 0 Å². The van der Waals surface area contributed by atoms with Gasteiger partial charge < -0.3 is 10.6 Å². The number of carbonyl (C=O) groups is 1. The summed E-state index contributed by atoms with van der Waals surface area (Å²) in [7, 11) is 0. The molecule has 0 aliphatic rings. The Morgan fingerprint density at radius 3 is 2.39 bits per heavy atom. The molecular formula is C15H14N2O. The number of anilines is 2. The van der Waals surface area contributed by atoms with Crippen molar-refractivity contribution < 1.29 is 4.79 Å². The number of nitrogens with one attached hydrogen (secondary N) is 2. The first-order valence-corrected chi connectivity index (χ1v) is 5.69. The molecule has 2 N–H and O–H groups in total. The molecule has 2 radical (unpaired) electrons. The van der Waals surface area contributed by atoms with Crippen molar-refractivity contribution in [2.24, 2.45) is 0 Å². The second-order valence-electron chi connectivity index (χ2n) is 3.89. The molecule has 2 aromatic carbocycles. The molecule has 2 aromatic rings. The SMILES string of the molecule is Cc1ccccc1N[C]C(=O)Nc1ccccc1. The van der Waals surface area contributed by atoms with E-state index >= 15 is 0 Å². The molecule has 3 nitrogen and oxygen atoms in total. The van der Waals surface area contributed by atoms with Crippen LogP contribution in [0.15, 0.2) is 54.6 Å². The maximum absolute atomic E-state index is 11.6. The fourth-order valence-corrected chi connectivity index (χ4v) is 1.52. The van der Waals surface area contributed by atoms with Gasteiger partial charge in [-0.25, -0.2) is 0 Å². The Kier molecular flexibility index (Phi) is 3.97. The Labute approximate surface area is 107 Å². The number of hydrogen-bond donors (Lipinski definition) is 2. The summed E-state index contributed by atoms with van der Waals surface area (Å²) in [5, 5.41) is 5.59. The van der Waals surface area contributed by atoms with E-state index in [2.05, 4.69) is 17.2 Å². The smallest absolute Gasteiger partial charge is 0.256 e. The van der Waals surface area contributed by atoms with Crippen LogP contribution in [0.25, 0.3) is 0 Å². The number of carbonyl (C=O) groups excluding carboxylic acids is 1. The van der Waals surface area contributed by atoms with Gasteiger partial charge in [-0.3, -0.25) is 4.79 Å². The first-order chi connectivity index (χ1) is 8.75. The lowest BCUT2D eigenvalue weighted by atomic mass is 10.2. The highest BCUT2D eigenvalue weighted by atomic mass is 16.1. The third kappa shape index (κ3) is 3.35. The lowest BCUT2D eigenvalue weighted by Crippen LogP contribution is -2.16. The molecule has 3 heteroatoms. The van der Waals surface area contributed by atoms with Crippen LogP contribution in [0.1, 0.15) is 5.56 Å². The van der Waals surface area contributed by atoms with Gasteiger partial charge in [-0.1, -0.05) is 36.4 Å². The van der Waals surface area contributed by atoms with Crippen molar-refractivity contribution in [1.82, 2.24) is 0 Å². The van der Waals surface area contributed by atoms with Crippen LogP contribution in [0.4, 0.5) is 11.4 Å². The predicted molar refractivity (Wildman–Crippen MR) is 73.1 cm³/mol. The summed E-state index contributed by atoms with van der Waals surface area (Å²) >= 11 is 0. The highest BCUT2D eigenvalue weighted by Gasteiger charge is 2.04. The third-order valence-electron chi connectivity index (χ3n) is 2.49. The van der Waals surface area contributed by atoms with Crippen molar-refractivity contribution >= 4 is 17.3 Å². The Bertz CT molecular complexity index is 523. The summed E-state index contributed by atoms with van der Waals surface area (Å²) < 4.78 is 0. The van der Waals surface area contributed by atoms with Crippen molar-refractivity contribution in [2.45, 2.75) is 6.92 Å². The molecular weight excluding hydrogens is 224 g/mol. The van der Waals surface area contributed by atoms with Gasteiger partial charge in [0.1, 0.15) is 0 Å². The summed E-state index contributed by atoms with van der Waals surface area (Å²) in [5.74, 6) is -0.301. The quantitative estimate of drug-likeness (QED) is 0.804. The fraction of sp³-hybridized carbons (Fsp3) is 0.0667. The number of rotatable bonds is 4. The van der Waals surface area contributed by atoms with Crippen LogP contribution in [0.2, 0.25) is 0 Å². The average molecular weight is 238 g/mol. The van der Waals surface area contributed by atoms with Crippen LogP contribution in [0.3, 0.4) is 0 Å². The largest absolute Gasteiger partial charge is 0.366 e. The van der Waals surface area contributed by atoms with Gasteiger partial charge in [0.15, 0.2) is 6.54 Å². The number of amides is 1. The van der Waals surface area contributed by atoms with Crippen LogP contribution in [0, 0.1) is 13.5 Å². The molecule has 0 aliphatic carbocycles. The van der Waals surface area contributed by atoms with Gasteiger partial charge in [-0.15, -0.1) is 0 Å². The van der Waals surface area contributed by atoms with Gasteiger partial charge in [0.05, 0.1) is 0 Å². The summed E-state index contributed by atoms with van der Waals surface area (Å²) in [6.45, 7) is 4.56. The number of aryl methyl sites for hydroxylation is 1. The molecule has 0 spiro atoms. The van der Waals surface area contributed by atoms with Gasteiger partial charge in [0.2, 0.25) is 0 Å². The van der Waals surface area contributed by atoms with Crippen molar-refractivity contribution in [1.29, 1.82) is 0 Å². The maximum Gasteiger partial charge on any atom is 0.256 e. The minimum absolute atomic E-state index is 0.301. The minimum Gasteiger partial charge on any atom is -0.366 e. The zero-order chi connectivity index (χ0) is 12.8. The van der Waals surface area contributed by atoms with E-state index in [-0.39, 0.29) is 5.91 Å². The van der Waals surface area contributed by atoms with Crippen LogP contribution < -0.4 is 10.6 Å². The molecule has 0 aromatic heterocycles. The number of benzene rings is 2. The van der Waals surface area contributed by atoms with Crippen molar-refractivity contribution in [3.63, 3.8) is 0 Å². The molecule has 0 aliphatic heterocycles. The normalized spacial score (nSPS) is 9.83. The van der Waals surface area contributed by atoms with Crippen LogP contribution in [-0.4, -0.2) is 5.91 Å². The Morgan fingerprint density at radius 1 is 1.00 bits per heavy atom. The molecule has 0 unspecified atom stereocenters. The lowest BCUT2D eigenvalue weighted by molar-refractivity contribution is -0.113. The minimum atomic E-state index is -0.301. The molecule has 0 fully saturated rings. The van der Waals surface area contributed by atoms with E-state index in [1.54, 1.807) is 0 Å². The maximum atomic E-state index is 11.6. The second kappa shape index (κ2) is 5.87. The topological polar surface area (TPSA) is 41.1 Å². The molecule has 18 heavy (non-hydrogen) atoms. The van der Waals surface area contributed by atoms with Crippen molar-refractivity contribution in [3.05, 3.63) is 66.7 Å². The Balaban J connectivity index is 1.88. The van der Waals surface area contributed by atoms with E-state index in [9.17, 15) is 4.79 Å². The van der Waals surface area contributed by atoms with Gasteiger partial charge in [0, 0.05) is 11.4 Å². The molecule has 2 rings (SSSR count). The Hall–Kier alpha value is -2.29. The molecule has 1 amide bonds. The molecule has 0 heterocycles. The second-order valence-corrected chi connectivity index (χ2v) is 3.89. The molecule has 0 saturated heterocycles. The van der Waals surface area contributed by atoms with Crippen molar-refractivity contribution in [3.8, 4) is 0 Å². The highest BCUT2D eigenvalue weighted by Crippen LogP contribution is 2.13. The Morgan fingerprint density at radius 2 is 1.67 bits per heavy atom. The summed E-state index contributed by atoms with van der Waals surface area (Å²) in [6, 6.07) is 17.0. The highest BCUT2D eigenvalue weighted by molar-refractivity contribution is 5.98. The fourth-order valence-electron chi connectivity index (χ4n) is 1.52. The summed E-state index contributed by atoms with van der Waals surface area (Å²) in [6.07, 6.45) is 0. The molecule has 0 bridgehead atoms. The van der Waals surface area contributed by atoms with Gasteiger partial charge >= 0.3 is 0 Å². The zero-order valence-electron chi connectivity index (χ0n) is 10.1. The van der Waals surface area contributed by atoms with E-state index in [4.69, 9.17) is 0 Å². The molecule has 0 atom stereocenters. The van der Waals surface area contributed by atoms with Crippen LogP contribution >= 0.6 is 0 Å².